The Morgan fingerprint density at radius 1 is 1.27 bits per heavy atom. The lowest BCUT2D eigenvalue weighted by Gasteiger charge is -2.02. The van der Waals surface area contributed by atoms with Crippen LogP contribution < -0.4 is 5.73 Å². The second-order valence-electron chi connectivity index (χ2n) is 4.57. The molecule has 0 atom stereocenters. The maximum Gasteiger partial charge on any atom is 0.337 e. The van der Waals surface area contributed by atoms with Crippen molar-refractivity contribution in [3.8, 4) is 22.6 Å². The number of hydrogen-bond acceptors (Lipinski definition) is 4. The molecular weight excluding hydrogens is 304 g/mol. The van der Waals surface area contributed by atoms with Crippen LogP contribution in [0.2, 0.25) is 5.02 Å². The summed E-state index contributed by atoms with van der Waals surface area (Å²) in [4.78, 5) is 22.4. The Kier molecular flexibility index (Phi) is 3.52. The molecule has 0 saturated heterocycles. The molecule has 1 aromatic carbocycles. The number of carbonyl (C=O) groups is 1. The molecule has 6 nitrogen and oxygen atoms in total. The average molecular weight is 315 g/mol. The van der Waals surface area contributed by atoms with E-state index in [1.54, 1.807) is 0 Å². The zero-order valence-electron chi connectivity index (χ0n) is 11.2. The number of aromatic nitrogens is 3. The van der Waals surface area contributed by atoms with Crippen LogP contribution in [0.5, 0.6) is 0 Å². The van der Waals surface area contributed by atoms with Crippen molar-refractivity contribution in [2.45, 2.75) is 0 Å². The van der Waals surface area contributed by atoms with Crippen LogP contribution in [0.15, 0.2) is 42.6 Å². The van der Waals surface area contributed by atoms with Gasteiger partial charge in [-0.15, -0.1) is 0 Å². The van der Waals surface area contributed by atoms with Gasteiger partial charge < -0.3 is 15.8 Å². The molecule has 0 aliphatic rings. The number of aromatic amines is 1. The van der Waals surface area contributed by atoms with E-state index in [1.165, 1.54) is 12.3 Å². The van der Waals surface area contributed by atoms with Crippen molar-refractivity contribution in [2.75, 3.05) is 5.73 Å². The van der Waals surface area contributed by atoms with Crippen molar-refractivity contribution in [3.05, 3.63) is 53.2 Å². The third-order valence-electron chi connectivity index (χ3n) is 3.13. The molecule has 4 N–H and O–H groups in total. The molecule has 0 aliphatic carbocycles. The summed E-state index contributed by atoms with van der Waals surface area (Å²) in [6.07, 6.45) is 1.38. The molecular formula is C15H11ClN4O2. The van der Waals surface area contributed by atoms with Crippen molar-refractivity contribution >= 4 is 23.5 Å². The minimum atomic E-state index is -1.04. The van der Waals surface area contributed by atoms with Crippen molar-refractivity contribution in [1.29, 1.82) is 0 Å². The van der Waals surface area contributed by atoms with Crippen molar-refractivity contribution < 1.29 is 9.90 Å². The highest BCUT2D eigenvalue weighted by atomic mass is 35.5. The first-order valence-corrected chi connectivity index (χ1v) is 6.74. The van der Waals surface area contributed by atoms with Gasteiger partial charge in [0.1, 0.15) is 5.69 Å². The Morgan fingerprint density at radius 2 is 2.00 bits per heavy atom. The summed E-state index contributed by atoms with van der Waals surface area (Å²) in [6, 6.07) is 10.6. The van der Waals surface area contributed by atoms with Gasteiger partial charge in [0, 0.05) is 0 Å². The number of aromatic carboxylic acids is 1. The van der Waals surface area contributed by atoms with E-state index >= 15 is 0 Å². The average Bonchev–Trinajstić information content (AvgIpc) is 2.96. The number of nitrogens with one attached hydrogen (secondary N) is 1. The van der Waals surface area contributed by atoms with Gasteiger partial charge in [-0.05, 0) is 11.6 Å². The summed E-state index contributed by atoms with van der Waals surface area (Å²) < 4.78 is 0. The molecule has 2 heterocycles. The molecule has 0 fully saturated rings. The zero-order valence-corrected chi connectivity index (χ0v) is 12.0. The van der Waals surface area contributed by atoms with E-state index in [9.17, 15) is 9.90 Å². The van der Waals surface area contributed by atoms with Crippen LogP contribution in [-0.4, -0.2) is 26.0 Å². The molecule has 0 spiro atoms. The van der Waals surface area contributed by atoms with Crippen LogP contribution in [0.4, 0.5) is 5.95 Å². The molecule has 0 amide bonds. The normalized spacial score (nSPS) is 10.6. The predicted molar refractivity (Wildman–Crippen MR) is 83.6 cm³/mol. The Balaban J connectivity index is 2.19. The second-order valence-corrected chi connectivity index (χ2v) is 4.97. The van der Waals surface area contributed by atoms with Crippen LogP contribution in [0.3, 0.4) is 0 Å². The lowest BCUT2D eigenvalue weighted by Crippen LogP contribution is -1.96. The Bertz CT molecular complexity index is 846. The molecule has 3 rings (SSSR count). The maximum atomic E-state index is 11.5. The van der Waals surface area contributed by atoms with Crippen molar-refractivity contribution in [1.82, 2.24) is 15.0 Å². The number of hydrogen-bond donors (Lipinski definition) is 3. The second kappa shape index (κ2) is 5.50. The van der Waals surface area contributed by atoms with Crippen LogP contribution in [0.1, 0.15) is 10.4 Å². The van der Waals surface area contributed by atoms with E-state index in [2.05, 4.69) is 15.0 Å². The Labute approximate surface area is 130 Å². The number of halogens is 1. The largest absolute Gasteiger partial charge is 0.478 e. The molecule has 3 aromatic rings. The SMILES string of the molecule is Nc1ncc(Cl)c(-c2cc(C(=O)O)c(-c3ccccc3)[nH]2)n1. The Hall–Kier alpha value is -2.86. The van der Waals surface area contributed by atoms with Crippen LogP contribution in [0, 0.1) is 0 Å². The van der Waals surface area contributed by atoms with Gasteiger partial charge in [-0.1, -0.05) is 41.9 Å². The molecule has 2 aromatic heterocycles. The summed E-state index contributed by atoms with van der Waals surface area (Å²) in [7, 11) is 0. The highest BCUT2D eigenvalue weighted by Gasteiger charge is 2.19. The van der Waals surface area contributed by atoms with E-state index in [1.807, 2.05) is 30.3 Å². The van der Waals surface area contributed by atoms with Gasteiger partial charge in [-0.3, -0.25) is 0 Å². The molecule has 7 heteroatoms. The van der Waals surface area contributed by atoms with E-state index in [0.717, 1.165) is 5.56 Å². The van der Waals surface area contributed by atoms with Gasteiger partial charge in [-0.25, -0.2) is 14.8 Å². The van der Waals surface area contributed by atoms with Gasteiger partial charge in [0.2, 0.25) is 5.95 Å². The summed E-state index contributed by atoms with van der Waals surface area (Å²) in [5.74, 6) is -0.980. The summed E-state index contributed by atoms with van der Waals surface area (Å²) in [6.45, 7) is 0. The number of carboxylic acid groups (broad SMARTS) is 1. The highest BCUT2D eigenvalue weighted by Crippen LogP contribution is 2.31. The van der Waals surface area contributed by atoms with E-state index in [-0.39, 0.29) is 16.5 Å². The van der Waals surface area contributed by atoms with Crippen LogP contribution >= 0.6 is 11.6 Å². The topological polar surface area (TPSA) is 105 Å². The fourth-order valence-corrected chi connectivity index (χ4v) is 2.35. The maximum absolute atomic E-state index is 11.5. The molecule has 0 unspecified atom stereocenters. The minimum absolute atomic E-state index is 0.0622. The molecule has 110 valence electrons. The number of nitrogens with two attached hydrogens (primary N) is 1. The molecule has 0 aliphatic heterocycles. The summed E-state index contributed by atoms with van der Waals surface area (Å²) in [5.41, 5.74) is 7.77. The smallest absolute Gasteiger partial charge is 0.337 e. The number of rotatable bonds is 3. The van der Waals surface area contributed by atoms with Gasteiger partial charge in [-0.2, -0.15) is 0 Å². The number of nitrogen functional groups attached to an aromatic ring is 1. The number of nitrogens with zero attached hydrogens (tertiary/aromatic N) is 2. The molecule has 22 heavy (non-hydrogen) atoms. The highest BCUT2D eigenvalue weighted by molar-refractivity contribution is 6.32. The predicted octanol–water partition coefficient (Wildman–Crippen LogP) is 3.07. The first kappa shape index (κ1) is 14.1. The fourth-order valence-electron chi connectivity index (χ4n) is 2.15. The van der Waals surface area contributed by atoms with Crippen molar-refractivity contribution in [2.24, 2.45) is 0 Å². The number of carboxylic acids is 1. The standard InChI is InChI=1S/C15H11ClN4O2/c16-10-7-18-15(17)20-13(10)11-6-9(14(21)22)12(19-11)8-4-2-1-3-5-8/h1-7,19H,(H,21,22)(H2,17,18,20). The third-order valence-corrected chi connectivity index (χ3v) is 3.41. The monoisotopic (exact) mass is 314 g/mol. The summed E-state index contributed by atoms with van der Waals surface area (Å²) >= 11 is 6.07. The number of benzene rings is 1. The van der Waals surface area contributed by atoms with Gasteiger partial charge in [0.05, 0.1) is 28.2 Å². The van der Waals surface area contributed by atoms with E-state index in [4.69, 9.17) is 17.3 Å². The zero-order chi connectivity index (χ0) is 15.7. The van der Waals surface area contributed by atoms with Gasteiger partial charge in [0.25, 0.3) is 0 Å². The Morgan fingerprint density at radius 3 is 2.68 bits per heavy atom. The van der Waals surface area contributed by atoms with Crippen molar-refractivity contribution in [3.63, 3.8) is 0 Å². The first-order chi connectivity index (χ1) is 10.6. The van der Waals surface area contributed by atoms with Crippen LogP contribution in [0.25, 0.3) is 22.6 Å². The quantitative estimate of drug-likeness (QED) is 0.689. The molecule has 0 bridgehead atoms. The lowest BCUT2D eigenvalue weighted by atomic mass is 10.1. The van der Waals surface area contributed by atoms with E-state index < -0.39 is 5.97 Å². The third kappa shape index (κ3) is 2.51. The summed E-state index contributed by atoms with van der Waals surface area (Å²) in [5, 5.41) is 9.68. The molecule has 0 saturated carbocycles. The fraction of sp³-hybridized carbons (Fsp3) is 0. The first-order valence-electron chi connectivity index (χ1n) is 6.36. The van der Waals surface area contributed by atoms with Gasteiger partial charge in [0.15, 0.2) is 0 Å². The van der Waals surface area contributed by atoms with Gasteiger partial charge >= 0.3 is 5.97 Å². The molecule has 0 radical (unpaired) electrons. The van der Waals surface area contributed by atoms with E-state index in [0.29, 0.717) is 17.1 Å². The lowest BCUT2D eigenvalue weighted by molar-refractivity contribution is 0.0698. The number of H-pyrrole nitrogens is 1. The van der Waals surface area contributed by atoms with Crippen LogP contribution in [-0.2, 0) is 0 Å². The number of anilines is 1. The minimum Gasteiger partial charge on any atom is -0.478 e.